The number of hydrogen-bond donors (Lipinski definition) is 2. The third kappa shape index (κ3) is 4.25. The fourth-order valence-electron chi connectivity index (χ4n) is 2.89. The minimum absolute atomic E-state index is 0.0836. The maximum Gasteiger partial charge on any atom is 0.211 e. The third-order valence-electron chi connectivity index (χ3n) is 4.28. The molecule has 0 bridgehead atoms. The van der Waals surface area contributed by atoms with E-state index in [2.05, 4.69) is 24.5 Å². The highest BCUT2D eigenvalue weighted by Crippen LogP contribution is 2.24. The molecule has 1 aliphatic carbocycles. The largest absolute Gasteiger partial charge is 0.380 e. The molecule has 4 nitrogen and oxygen atoms in total. The number of hydrogen-bond acceptors (Lipinski definition) is 4. The Morgan fingerprint density at radius 3 is 1.50 bits per heavy atom. The van der Waals surface area contributed by atoms with E-state index < -0.39 is 0 Å². The Morgan fingerprint density at radius 1 is 0.708 bits per heavy atom. The molecule has 0 fully saturated rings. The summed E-state index contributed by atoms with van der Waals surface area (Å²) < 4.78 is 0. The standard InChI is InChI=1S/C20H28N2O2/c1-3-5-9-13-21-17-18(22-14-10-6-4-2)20(24)16-12-8-7-11-15(16)19(17)23/h7-8,11-12,21-22H,3-6,9-10,13-14H2,1-2H3. The quantitative estimate of drug-likeness (QED) is 0.641. The maximum atomic E-state index is 12.8. The van der Waals surface area contributed by atoms with Crippen LogP contribution in [0.25, 0.3) is 0 Å². The van der Waals surface area contributed by atoms with E-state index in [1.165, 1.54) is 0 Å². The normalized spacial score (nSPS) is 13.9. The Balaban J connectivity index is 2.21. The second-order valence-electron chi connectivity index (χ2n) is 6.22. The number of Topliss-reactive ketones (excluding diaryl/α,β-unsaturated/α-hetero) is 2. The molecule has 0 atom stereocenters. The molecular formula is C20H28N2O2. The Morgan fingerprint density at radius 2 is 1.12 bits per heavy atom. The van der Waals surface area contributed by atoms with Gasteiger partial charge in [0.15, 0.2) is 0 Å². The van der Waals surface area contributed by atoms with Crippen molar-refractivity contribution in [2.75, 3.05) is 13.1 Å². The summed E-state index contributed by atoms with van der Waals surface area (Å²) in [5.41, 5.74) is 1.87. The van der Waals surface area contributed by atoms with Crippen LogP contribution >= 0.6 is 0 Å². The number of ketones is 2. The summed E-state index contributed by atoms with van der Waals surface area (Å²) in [5, 5.41) is 6.43. The van der Waals surface area contributed by atoms with Crippen LogP contribution in [0.2, 0.25) is 0 Å². The zero-order chi connectivity index (χ0) is 17.4. The van der Waals surface area contributed by atoms with Crippen molar-refractivity contribution in [1.82, 2.24) is 10.6 Å². The van der Waals surface area contributed by atoms with Crippen LogP contribution < -0.4 is 10.6 Å². The predicted octanol–water partition coefficient (Wildman–Crippen LogP) is 3.84. The van der Waals surface area contributed by atoms with Crippen molar-refractivity contribution in [2.24, 2.45) is 0 Å². The van der Waals surface area contributed by atoms with Gasteiger partial charge < -0.3 is 10.6 Å². The average molecular weight is 328 g/mol. The van der Waals surface area contributed by atoms with Gasteiger partial charge in [-0.15, -0.1) is 0 Å². The Labute approximate surface area is 144 Å². The minimum atomic E-state index is -0.0836. The predicted molar refractivity (Wildman–Crippen MR) is 97.2 cm³/mol. The van der Waals surface area contributed by atoms with E-state index in [9.17, 15) is 9.59 Å². The molecule has 24 heavy (non-hydrogen) atoms. The van der Waals surface area contributed by atoms with Crippen LogP contribution in [0.5, 0.6) is 0 Å². The second kappa shape index (κ2) is 9.26. The van der Waals surface area contributed by atoms with Crippen LogP contribution in [-0.4, -0.2) is 24.7 Å². The van der Waals surface area contributed by atoms with Gasteiger partial charge in [-0.1, -0.05) is 63.8 Å². The molecule has 1 aliphatic rings. The van der Waals surface area contributed by atoms with Crippen LogP contribution in [0.15, 0.2) is 35.7 Å². The highest BCUT2D eigenvalue weighted by atomic mass is 16.1. The van der Waals surface area contributed by atoms with Gasteiger partial charge in [0, 0.05) is 24.2 Å². The highest BCUT2D eigenvalue weighted by molar-refractivity contribution is 6.26. The number of carbonyl (C=O) groups excluding carboxylic acids is 2. The van der Waals surface area contributed by atoms with Gasteiger partial charge in [0.1, 0.15) is 11.4 Å². The van der Waals surface area contributed by atoms with Gasteiger partial charge in [0.05, 0.1) is 0 Å². The van der Waals surface area contributed by atoms with Crippen molar-refractivity contribution in [2.45, 2.75) is 52.4 Å². The summed E-state index contributed by atoms with van der Waals surface area (Å²) in [6, 6.07) is 7.07. The summed E-state index contributed by atoms with van der Waals surface area (Å²) >= 11 is 0. The van der Waals surface area contributed by atoms with Gasteiger partial charge in [-0.05, 0) is 12.8 Å². The molecule has 0 saturated carbocycles. The van der Waals surface area contributed by atoms with Crippen molar-refractivity contribution < 1.29 is 9.59 Å². The summed E-state index contributed by atoms with van der Waals surface area (Å²) in [6.45, 7) is 5.71. The van der Waals surface area contributed by atoms with E-state index in [-0.39, 0.29) is 11.6 Å². The zero-order valence-corrected chi connectivity index (χ0v) is 14.8. The molecule has 0 radical (unpaired) electrons. The van der Waals surface area contributed by atoms with Gasteiger partial charge in [-0.3, -0.25) is 9.59 Å². The van der Waals surface area contributed by atoms with E-state index >= 15 is 0 Å². The Hall–Kier alpha value is -2.10. The first kappa shape index (κ1) is 18.2. The fourth-order valence-corrected chi connectivity index (χ4v) is 2.89. The monoisotopic (exact) mass is 328 g/mol. The molecule has 2 rings (SSSR count). The molecule has 0 aliphatic heterocycles. The van der Waals surface area contributed by atoms with Gasteiger partial charge >= 0.3 is 0 Å². The van der Waals surface area contributed by atoms with Crippen molar-refractivity contribution in [3.63, 3.8) is 0 Å². The van der Waals surface area contributed by atoms with E-state index in [0.717, 1.165) is 38.5 Å². The van der Waals surface area contributed by atoms with Gasteiger partial charge in [0.2, 0.25) is 11.6 Å². The number of fused-ring (bicyclic) bond motifs is 1. The summed E-state index contributed by atoms with van der Waals surface area (Å²) in [7, 11) is 0. The van der Waals surface area contributed by atoms with Crippen LogP contribution in [-0.2, 0) is 0 Å². The molecule has 0 amide bonds. The maximum absolute atomic E-state index is 12.8. The van der Waals surface area contributed by atoms with E-state index in [1.54, 1.807) is 24.3 Å². The molecule has 0 aromatic heterocycles. The lowest BCUT2D eigenvalue weighted by Crippen LogP contribution is -2.36. The topological polar surface area (TPSA) is 58.2 Å². The molecule has 2 N–H and O–H groups in total. The van der Waals surface area contributed by atoms with Crippen LogP contribution in [0.3, 0.4) is 0 Å². The van der Waals surface area contributed by atoms with Gasteiger partial charge in [-0.2, -0.15) is 0 Å². The minimum Gasteiger partial charge on any atom is -0.380 e. The average Bonchev–Trinajstić information content (AvgIpc) is 2.61. The molecule has 1 aromatic rings. The Kier molecular flexibility index (Phi) is 7.04. The number of benzene rings is 1. The molecule has 4 heteroatoms. The fraction of sp³-hybridized carbons (Fsp3) is 0.500. The first-order chi connectivity index (χ1) is 11.7. The first-order valence-corrected chi connectivity index (χ1v) is 9.11. The highest BCUT2D eigenvalue weighted by Gasteiger charge is 2.31. The molecule has 130 valence electrons. The second-order valence-corrected chi connectivity index (χ2v) is 6.22. The van der Waals surface area contributed by atoms with Crippen LogP contribution in [0.4, 0.5) is 0 Å². The van der Waals surface area contributed by atoms with E-state index in [4.69, 9.17) is 0 Å². The van der Waals surface area contributed by atoms with Crippen LogP contribution in [0, 0.1) is 0 Å². The lowest BCUT2D eigenvalue weighted by Gasteiger charge is -2.23. The third-order valence-corrected chi connectivity index (χ3v) is 4.28. The lowest BCUT2D eigenvalue weighted by atomic mass is 9.90. The van der Waals surface area contributed by atoms with Gasteiger partial charge in [0.25, 0.3) is 0 Å². The number of unbranched alkanes of at least 4 members (excludes halogenated alkanes) is 4. The zero-order valence-electron chi connectivity index (χ0n) is 14.8. The molecule has 0 heterocycles. The molecule has 0 unspecified atom stereocenters. The smallest absolute Gasteiger partial charge is 0.211 e. The summed E-state index contributed by atoms with van der Waals surface area (Å²) in [6.07, 6.45) is 6.45. The molecular weight excluding hydrogens is 300 g/mol. The lowest BCUT2D eigenvalue weighted by molar-refractivity contribution is 0.0962. The van der Waals surface area contributed by atoms with Gasteiger partial charge in [-0.25, -0.2) is 0 Å². The number of nitrogens with one attached hydrogen (secondary N) is 2. The summed E-state index contributed by atoms with van der Waals surface area (Å²) in [4.78, 5) is 25.6. The molecule has 0 saturated heterocycles. The number of rotatable bonds is 10. The van der Waals surface area contributed by atoms with Crippen molar-refractivity contribution in [3.05, 3.63) is 46.8 Å². The van der Waals surface area contributed by atoms with E-state index in [1.807, 2.05) is 0 Å². The first-order valence-electron chi connectivity index (χ1n) is 9.11. The SMILES string of the molecule is CCCCCNC1=C(NCCCCC)C(=O)c2ccccc2C1=O. The summed E-state index contributed by atoms with van der Waals surface area (Å²) in [5.74, 6) is -0.167. The van der Waals surface area contributed by atoms with Crippen molar-refractivity contribution >= 4 is 11.6 Å². The van der Waals surface area contributed by atoms with E-state index in [0.29, 0.717) is 35.6 Å². The van der Waals surface area contributed by atoms with Crippen molar-refractivity contribution in [1.29, 1.82) is 0 Å². The van der Waals surface area contributed by atoms with Crippen LogP contribution in [0.1, 0.15) is 73.1 Å². The number of carbonyl (C=O) groups is 2. The Bertz CT molecular complexity index is 567. The number of allylic oxidation sites excluding steroid dienone is 2. The van der Waals surface area contributed by atoms with Crippen molar-refractivity contribution in [3.8, 4) is 0 Å². The molecule has 1 aromatic carbocycles. The molecule has 0 spiro atoms.